The van der Waals surface area contributed by atoms with Crippen LogP contribution in [0.15, 0.2) is 42.5 Å². The van der Waals surface area contributed by atoms with Gasteiger partial charge >= 0.3 is 0 Å². The molecule has 0 N–H and O–H groups in total. The molecular formula is C16H14O2. The van der Waals surface area contributed by atoms with Crippen molar-refractivity contribution in [1.82, 2.24) is 0 Å². The van der Waals surface area contributed by atoms with E-state index in [-0.39, 0.29) is 5.78 Å². The number of rotatable bonds is 2. The first-order chi connectivity index (χ1) is 8.74. The van der Waals surface area contributed by atoms with E-state index in [1.165, 1.54) is 0 Å². The fourth-order valence-corrected chi connectivity index (χ4v) is 2.28. The minimum atomic E-state index is 0.0772. The second-order valence-corrected chi connectivity index (χ2v) is 4.62. The molecule has 0 unspecified atom stereocenters. The highest BCUT2D eigenvalue weighted by atomic mass is 16.5. The molecule has 1 aliphatic rings. The molecule has 2 aromatic carbocycles. The number of benzene rings is 2. The van der Waals surface area contributed by atoms with Gasteiger partial charge in [0.2, 0.25) is 0 Å². The van der Waals surface area contributed by atoms with E-state index >= 15 is 0 Å². The van der Waals surface area contributed by atoms with Crippen molar-refractivity contribution in [1.29, 1.82) is 0 Å². The van der Waals surface area contributed by atoms with Crippen molar-refractivity contribution in [2.24, 2.45) is 0 Å². The Balaban J connectivity index is 1.98. The SMILES string of the molecule is Cc1cccc(C(=O)c2ccc3c(c2)CCO3)c1. The van der Waals surface area contributed by atoms with E-state index in [2.05, 4.69) is 0 Å². The third kappa shape index (κ3) is 1.90. The first-order valence-corrected chi connectivity index (χ1v) is 6.11. The van der Waals surface area contributed by atoms with Crippen molar-refractivity contribution in [3.63, 3.8) is 0 Å². The molecule has 1 aliphatic heterocycles. The Morgan fingerprint density at radius 2 is 1.94 bits per heavy atom. The monoisotopic (exact) mass is 238 g/mol. The number of aryl methyl sites for hydroxylation is 1. The number of carbonyl (C=O) groups is 1. The van der Waals surface area contributed by atoms with Crippen molar-refractivity contribution in [3.05, 3.63) is 64.7 Å². The van der Waals surface area contributed by atoms with Crippen LogP contribution in [-0.4, -0.2) is 12.4 Å². The van der Waals surface area contributed by atoms with Crippen molar-refractivity contribution in [2.75, 3.05) is 6.61 Å². The lowest BCUT2D eigenvalue weighted by atomic mass is 9.99. The summed E-state index contributed by atoms with van der Waals surface area (Å²) in [5.74, 6) is 0.990. The summed E-state index contributed by atoms with van der Waals surface area (Å²) in [5, 5.41) is 0. The number of hydrogen-bond donors (Lipinski definition) is 0. The molecule has 0 amide bonds. The van der Waals surface area contributed by atoms with Gasteiger partial charge in [0.25, 0.3) is 0 Å². The third-order valence-corrected chi connectivity index (χ3v) is 3.23. The summed E-state index contributed by atoms with van der Waals surface area (Å²) in [6, 6.07) is 13.4. The van der Waals surface area contributed by atoms with E-state index in [0.29, 0.717) is 0 Å². The Labute approximate surface area is 106 Å². The lowest BCUT2D eigenvalue weighted by molar-refractivity contribution is 0.103. The lowest BCUT2D eigenvalue weighted by Gasteiger charge is -2.04. The summed E-state index contributed by atoms with van der Waals surface area (Å²) in [6.45, 7) is 2.71. The predicted molar refractivity (Wildman–Crippen MR) is 70.3 cm³/mol. The number of fused-ring (bicyclic) bond motifs is 1. The average Bonchev–Trinajstić information content (AvgIpc) is 2.85. The maximum absolute atomic E-state index is 12.4. The van der Waals surface area contributed by atoms with E-state index in [4.69, 9.17) is 4.74 Å². The summed E-state index contributed by atoms with van der Waals surface area (Å²) in [6.07, 6.45) is 0.893. The second kappa shape index (κ2) is 4.30. The number of hydrogen-bond acceptors (Lipinski definition) is 2. The van der Waals surface area contributed by atoms with Crippen LogP contribution in [0.3, 0.4) is 0 Å². The molecule has 0 fully saturated rings. The summed E-state index contributed by atoms with van der Waals surface area (Å²) in [4.78, 5) is 12.4. The van der Waals surface area contributed by atoms with E-state index in [0.717, 1.165) is 41.0 Å². The molecule has 2 heteroatoms. The zero-order valence-electron chi connectivity index (χ0n) is 10.3. The first kappa shape index (κ1) is 11.0. The molecule has 0 radical (unpaired) electrons. The molecule has 90 valence electrons. The molecular weight excluding hydrogens is 224 g/mol. The maximum atomic E-state index is 12.4. The Bertz CT molecular complexity index is 614. The van der Waals surface area contributed by atoms with Gasteiger partial charge in [-0.3, -0.25) is 4.79 Å². The summed E-state index contributed by atoms with van der Waals surface area (Å²) < 4.78 is 5.45. The molecule has 3 rings (SSSR count). The minimum Gasteiger partial charge on any atom is -0.493 e. The zero-order valence-corrected chi connectivity index (χ0v) is 10.3. The van der Waals surface area contributed by atoms with Gasteiger partial charge in [-0.1, -0.05) is 23.8 Å². The number of carbonyl (C=O) groups excluding carboxylic acids is 1. The summed E-state index contributed by atoms with van der Waals surface area (Å²) in [5.41, 5.74) is 3.72. The van der Waals surface area contributed by atoms with Gasteiger partial charge in [0.05, 0.1) is 6.61 Å². The van der Waals surface area contributed by atoms with Crippen LogP contribution in [0.5, 0.6) is 5.75 Å². The number of ketones is 1. The van der Waals surface area contributed by atoms with Crippen molar-refractivity contribution < 1.29 is 9.53 Å². The normalized spacial score (nSPS) is 12.9. The van der Waals surface area contributed by atoms with E-state index < -0.39 is 0 Å². The van der Waals surface area contributed by atoms with Crippen LogP contribution in [0.1, 0.15) is 27.0 Å². The van der Waals surface area contributed by atoms with E-state index in [9.17, 15) is 4.79 Å². The van der Waals surface area contributed by atoms with Crippen molar-refractivity contribution in [2.45, 2.75) is 13.3 Å². The van der Waals surface area contributed by atoms with Crippen LogP contribution in [0, 0.1) is 6.92 Å². The van der Waals surface area contributed by atoms with E-state index in [1.807, 2.05) is 49.4 Å². The average molecular weight is 238 g/mol. The standard InChI is InChI=1S/C16H14O2/c1-11-3-2-4-13(9-11)16(17)14-5-6-15-12(10-14)7-8-18-15/h2-6,9-10H,7-8H2,1H3. The molecule has 0 aliphatic carbocycles. The maximum Gasteiger partial charge on any atom is 0.193 e. The van der Waals surface area contributed by atoms with Crippen molar-refractivity contribution >= 4 is 5.78 Å². The van der Waals surface area contributed by atoms with Gasteiger partial charge in [0.15, 0.2) is 5.78 Å². The van der Waals surface area contributed by atoms with Gasteiger partial charge in [-0.2, -0.15) is 0 Å². The highest BCUT2D eigenvalue weighted by Gasteiger charge is 2.15. The molecule has 0 atom stereocenters. The molecule has 18 heavy (non-hydrogen) atoms. The molecule has 0 bridgehead atoms. The van der Waals surface area contributed by atoms with Gasteiger partial charge in [-0.15, -0.1) is 0 Å². The second-order valence-electron chi connectivity index (χ2n) is 4.62. The van der Waals surface area contributed by atoms with Gasteiger partial charge in [0, 0.05) is 17.5 Å². The summed E-state index contributed by atoms with van der Waals surface area (Å²) in [7, 11) is 0. The van der Waals surface area contributed by atoms with Crippen molar-refractivity contribution in [3.8, 4) is 5.75 Å². The largest absolute Gasteiger partial charge is 0.493 e. The van der Waals surface area contributed by atoms with Gasteiger partial charge in [-0.05, 0) is 36.8 Å². The number of ether oxygens (including phenoxy) is 1. The van der Waals surface area contributed by atoms with E-state index in [1.54, 1.807) is 0 Å². The van der Waals surface area contributed by atoms with Crippen LogP contribution in [0.4, 0.5) is 0 Å². The molecule has 2 aromatic rings. The Kier molecular flexibility index (Phi) is 2.63. The highest BCUT2D eigenvalue weighted by molar-refractivity contribution is 6.09. The molecule has 1 heterocycles. The van der Waals surface area contributed by atoms with Gasteiger partial charge in [-0.25, -0.2) is 0 Å². The van der Waals surface area contributed by atoms with Crippen LogP contribution in [0.25, 0.3) is 0 Å². The quantitative estimate of drug-likeness (QED) is 0.751. The minimum absolute atomic E-state index is 0.0772. The smallest absolute Gasteiger partial charge is 0.193 e. The zero-order chi connectivity index (χ0) is 12.5. The van der Waals surface area contributed by atoms with Gasteiger partial charge in [0.1, 0.15) is 5.75 Å². The molecule has 0 spiro atoms. The topological polar surface area (TPSA) is 26.3 Å². The molecule has 0 saturated carbocycles. The highest BCUT2D eigenvalue weighted by Crippen LogP contribution is 2.26. The Morgan fingerprint density at radius 1 is 1.11 bits per heavy atom. The lowest BCUT2D eigenvalue weighted by Crippen LogP contribution is -2.01. The van der Waals surface area contributed by atoms with Crippen LogP contribution in [0.2, 0.25) is 0 Å². The fourth-order valence-electron chi connectivity index (χ4n) is 2.28. The molecule has 0 aromatic heterocycles. The van der Waals surface area contributed by atoms with Crippen LogP contribution in [-0.2, 0) is 6.42 Å². The molecule has 2 nitrogen and oxygen atoms in total. The Hall–Kier alpha value is -2.09. The van der Waals surface area contributed by atoms with Crippen LogP contribution < -0.4 is 4.74 Å². The van der Waals surface area contributed by atoms with Crippen LogP contribution >= 0.6 is 0 Å². The fraction of sp³-hybridized carbons (Fsp3) is 0.188. The van der Waals surface area contributed by atoms with Gasteiger partial charge < -0.3 is 4.74 Å². The molecule has 0 saturated heterocycles. The Morgan fingerprint density at radius 3 is 2.78 bits per heavy atom. The summed E-state index contributed by atoms with van der Waals surface area (Å²) >= 11 is 0. The third-order valence-electron chi connectivity index (χ3n) is 3.23. The predicted octanol–water partition coefficient (Wildman–Crippen LogP) is 3.16. The first-order valence-electron chi connectivity index (χ1n) is 6.11.